The number of hydrogen-bond donors (Lipinski definition) is 1. The van der Waals surface area contributed by atoms with E-state index >= 15 is 0 Å². The van der Waals surface area contributed by atoms with Gasteiger partial charge in [0.25, 0.3) is 0 Å². The Kier molecular flexibility index (Phi) is 9.58. The molecule has 4 aliphatic heterocycles. The third kappa shape index (κ3) is 7.35. The van der Waals surface area contributed by atoms with Crippen LogP contribution < -0.4 is 5.32 Å². The van der Waals surface area contributed by atoms with E-state index in [-0.39, 0.29) is 17.2 Å². The molecule has 2 amide bonds. The maximum absolute atomic E-state index is 12.7. The first-order chi connectivity index (χ1) is 20.2. The first-order valence-corrected chi connectivity index (χ1v) is 16.0. The van der Waals surface area contributed by atoms with E-state index in [0.717, 1.165) is 97.2 Å². The van der Waals surface area contributed by atoms with E-state index in [9.17, 15) is 9.59 Å². The standard InChI is InChI=1S/C20H30N2O2.C15H20N2O/c1-19(2,3)24-18(23)22-14-8-12-20(22)11-7-13-21(16-20)15-17-9-5-4-6-10-17;18-14-15(8-4-10-16-15)9-5-11-17(14)12-13-6-2-1-3-7-13/h4-6,9-10H,7-8,11-16H2,1-3H3;1-3,6-7,16H,4-5,8-12H2. The molecule has 7 heteroatoms. The average molecular weight is 575 g/mol. The normalized spacial score (nSPS) is 26.4. The van der Waals surface area contributed by atoms with Crippen molar-refractivity contribution in [2.45, 2.75) is 102 Å². The van der Waals surface area contributed by atoms with E-state index in [2.05, 4.69) is 52.7 Å². The van der Waals surface area contributed by atoms with E-state index in [1.165, 1.54) is 11.1 Å². The zero-order valence-corrected chi connectivity index (χ0v) is 25.9. The fourth-order valence-electron chi connectivity index (χ4n) is 7.39. The van der Waals surface area contributed by atoms with E-state index in [1.807, 2.05) is 48.8 Å². The molecule has 4 aliphatic rings. The van der Waals surface area contributed by atoms with Gasteiger partial charge in [-0.3, -0.25) is 9.69 Å². The van der Waals surface area contributed by atoms with E-state index in [1.54, 1.807) is 0 Å². The minimum Gasteiger partial charge on any atom is -0.444 e. The van der Waals surface area contributed by atoms with Gasteiger partial charge in [0.15, 0.2) is 0 Å². The molecule has 7 nitrogen and oxygen atoms in total. The molecule has 0 bridgehead atoms. The molecule has 0 radical (unpaired) electrons. The number of carbonyl (C=O) groups is 2. The van der Waals surface area contributed by atoms with Gasteiger partial charge < -0.3 is 19.9 Å². The fraction of sp³-hybridized carbons (Fsp3) is 0.600. The summed E-state index contributed by atoms with van der Waals surface area (Å²) in [4.78, 5) is 31.9. The summed E-state index contributed by atoms with van der Waals surface area (Å²) in [6.07, 6.45) is 8.55. The lowest BCUT2D eigenvalue weighted by atomic mass is 9.86. The third-order valence-electron chi connectivity index (χ3n) is 9.28. The van der Waals surface area contributed by atoms with Gasteiger partial charge in [-0.2, -0.15) is 0 Å². The number of nitrogens with zero attached hydrogens (tertiary/aromatic N) is 3. The molecule has 0 aromatic heterocycles. The highest BCUT2D eigenvalue weighted by molar-refractivity contribution is 5.87. The third-order valence-corrected chi connectivity index (χ3v) is 9.28. The van der Waals surface area contributed by atoms with Gasteiger partial charge in [-0.1, -0.05) is 60.7 Å². The number of piperidine rings is 2. The highest BCUT2D eigenvalue weighted by Crippen LogP contribution is 2.38. The summed E-state index contributed by atoms with van der Waals surface area (Å²) < 4.78 is 5.67. The number of ether oxygens (including phenoxy) is 1. The van der Waals surface area contributed by atoms with Crippen molar-refractivity contribution in [2.75, 3.05) is 32.7 Å². The van der Waals surface area contributed by atoms with Crippen LogP contribution in [0.4, 0.5) is 4.79 Å². The molecule has 42 heavy (non-hydrogen) atoms. The van der Waals surface area contributed by atoms with Gasteiger partial charge in [0, 0.05) is 32.7 Å². The maximum atomic E-state index is 12.7. The van der Waals surface area contributed by atoms with Gasteiger partial charge in [-0.25, -0.2) is 4.79 Å². The van der Waals surface area contributed by atoms with Crippen LogP contribution in [0.25, 0.3) is 0 Å². The van der Waals surface area contributed by atoms with Crippen molar-refractivity contribution in [3.8, 4) is 0 Å². The van der Waals surface area contributed by atoms with Crippen LogP contribution in [0.5, 0.6) is 0 Å². The molecular weight excluding hydrogens is 524 g/mol. The Labute approximate surface area is 252 Å². The monoisotopic (exact) mass is 574 g/mol. The van der Waals surface area contributed by atoms with Crippen molar-refractivity contribution < 1.29 is 14.3 Å². The first-order valence-electron chi connectivity index (χ1n) is 16.0. The second-order valence-electron chi connectivity index (χ2n) is 13.7. The number of hydrogen-bond acceptors (Lipinski definition) is 5. The molecule has 2 aromatic carbocycles. The van der Waals surface area contributed by atoms with Gasteiger partial charge in [-0.15, -0.1) is 0 Å². The predicted molar refractivity (Wildman–Crippen MR) is 167 cm³/mol. The minimum absolute atomic E-state index is 0.0324. The van der Waals surface area contributed by atoms with Crippen LogP contribution in [0, 0.1) is 0 Å². The summed E-state index contributed by atoms with van der Waals surface area (Å²) in [5.74, 6) is 0.315. The predicted octanol–water partition coefficient (Wildman–Crippen LogP) is 5.98. The van der Waals surface area contributed by atoms with E-state index in [0.29, 0.717) is 5.91 Å². The Morgan fingerprint density at radius 2 is 1.40 bits per heavy atom. The number of amides is 2. The molecule has 0 aliphatic carbocycles. The SMILES string of the molecule is CC(C)(C)OC(=O)N1CCCC12CCCN(Cc1ccccc1)C2.O=C1N(Cc2ccccc2)CCCC12CCCN2. The number of rotatable bonds is 4. The van der Waals surface area contributed by atoms with Gasteiger partial charge >= 0.3 is 6.09 Å². The van der Waals surface area contributed by atoms with Crippen LogP contribution in [-0.4, -0.2) is 76.1 Å². The molecule has 228 valence electrons. The van der Waals surface area contributed by atoms with Crippen molar-refractivity contribution in [3.05, 3.63) is 71.8 Å². The highest BCUT2D eigenvalue weighted by atomic mass is 16.6. The summed E-state index contributed by atoms with van der Waals surface area (Å²) in [5, 5.41) is 3.45. The lowest BCUT2D eigenvalue weighted by Gasteiger charge is -2.46. The lowest BCUT2D eigenvalue weighted by molar-refractivity contribution is -0.141. The summed E-state index contributed by atoms with van der Waals surface area (Å²) >= 11 is 0. The molecule has 1 N–H and O–H groups in total. The van der Waals surface area contributed by atoms with E-state index in [4.69, 9.17) is 4.74 Å². The quantitative estimate of drug-likeness (QED) is 0.487. The van der Waals surface area contributed by atoms with Crippen molar-refractivity contribution >= 4 is 12.0 Å². The zero-order valence-electron chi connectivity index (χ0n) is 25.9. The van der Waals surface area contributed by atoms with Crippen LogP contribution in [0.3, 0.4) is 0 Å². The molecule has 6 rings (SSSR count). The van der Waals surface area contributed by atoms with Crippen molar-refractivity contribution in [3.63, 3.8) is 0 Å². The van der Waals surface area contributed by atoms with Gasteiger partial charge in [0.1, 0.15) is 5.60 Å². The van der Waals surface area contributed by atoms with Crippen LogP contribution >= 0.6 is 0 Å². The summed E-state index contributed by atoms with van der Waals surface area (Å²) in [7, 11) is 0. The zero-order chi connectivity index (χ0) is 29.6. The highest BCUT2D eigenvalue weighted by Gasteiger charge is 2.47. The van der Waals surface area contributed by atoms with Crippen LogP contribution in [0.1, 0.15) is 83.3 Å². The Hall–Kier alpha value is -2.90. The Bertz CT molecular complexity index is 1180. The van der Waals surface area contributed by atoms with Gasteiger partial charge in [0.05, 0.1) is 11.1 Å². The molecule has 4 fully saturated rings. The number of benzene rings is 2. The Morgan fingerprint density at radius 3 is 2.02 bits per heavy atom. The fourth-order valence-corrected chi connectivity index (χ4v) is 7.39. The minimum atomic E-state index is -0.431. The van der Waals surface area contributed by atoms with Crippen molar-refractivity contribution in [2.24, 2.45) is 0 Å². The molecule has 4 heterocycles. The maximum Gasteiger partial charge on any atom is 0.410 e. The Morgan fingerprint density at radius 1 is 0.810 bits per heavy atom. The molecule has 2 spiro atoms. The second kappa shape index (κ2) is 13.2. The molecule has 2 aromatic rings. The van der Waals surface area contributed by atoms with E-state index < -0.39 is 5.60 Å². The number of likely N-dealkylation sites (tertiary alicyclic amines) is 3. The first kappa shape index (κ1) is 30.6. The van der Waals surface area contributed by atoms with Crippen LogP contribution in [0.15, 0.2) is 60.7 Å². The summed E-state index contributed by atoms with van der Waals surface area (Å²) in [5.41, 5.74) is 1.87. The topological polar surface area (TPSA) is 65.1 Å². The van der Waals surface area contributed by atoms with Crippen LogP contribution in [-0.2, 0) is 22.6 Å². The number of nitrogens with one attached hydrogen (secondary N) is 1. The Balaban J connectivity index is 0.000000175. The van der Waals surface area contributed by atoms with Gasteiger partial charge in [-0.05, 0) is 96.4 Å². The molecule has 2 atom stereocenters. The van der Waals surface area contributed by atoms with Gasteiger partial charge in [0.2, 0.25) is 5.91 Å². The summed E-state index contributed by atoms with van der Waals surface area (Å²) in [6.45, 7) is 12.3. The smallest absolute Gasteiger partial charge is 0.410 e. The second-order valence-corrected chi connectivity index (χ2v) is 13.7. The largest absolute Gasteiger partial charge is 0.444 e. The molecular formula is C35H50N4O3. The molecule has 0 saturated carbocycles. The number of carbonyl (C=O) groups excluding carboxylic acids is 2. The van der Waals surface area contributed by atoms with Crippen molar-refractivity contribution in [1.82, 2.24) is 20.0 Å². The van der Waals surface area contributed by atoms with Crippen LogP contribution in [0.2, 0.25) is 0 Å². The average Bonchev–Trinajstić information content (AvgIpc) is 3.60. The molecule has 4 saturated heterocycles. The molecule has 2 unspecified atom stereocenters. The van der Waals surface area contributed by atoms with Crippen molar-refractivity contribution in [1.29, 1.82) is 0 Å². The summed E-state index contributed by atoms with van der Waals surface area (Å²) in [6, 6.07) is 20.9. The lowest BCUT2D eigenvalue weighted by Crippen LogP contribution is -2.58.